The molecular weight excluding hydrogens is 236 g/mol. The average molecular weight is 258 g/mol. The lowest BCUT2D eigenvalue weighted by Crippen LogP contribution is -2.39. The van der Waals surface area contributed by atoms with E-state index in [1.807, 2.05) is 0 Å². The van der Waals surface area contributed by atoms with Gasteiger partial charge in [0.15, 0.2) is 0 Å². The van der Waals surface area contributed by atoms with Crippen LogP contribution in [0.5, 0.6) is 5.75 Å². The molecule has 1 atom stereocenters. The average Bonchev–Trinajstić information content (AvgIpc) is 2.81. The van der Waals surface area contributed by atoms with Crippen molar-refractivity contribution in [2.75, 3.05) is 26.2 Å². The summed E-state index contributed by atoms with van der Waals surface area (Å²) in [5.41, 5.74) is 8.04. The molecule has 2 N–H and O–H groups in total. The van der Waals surface area contributed by atoms with Crippen LogP contribution in [-0.4, -0.2) is 36.7 Å². The third kappa shape index (κ3) is 2.40. The minimum absolute atomic E-state index is 0.130. The van der Waals surface area contributed by atoms with E-state index in [0.29, 0.717) is 0 Å². The van der Waals surface area contributed by atoms with E-state index in [-0.39, 0.29) is 5.60 Å². The molecule has 102 valence electrons. The van der Waals surface area contributed by atoms with Gasteiger partial charge in [-0.2, -0.15) is 0 Å². The number of likely N-dealkylation sites (tertiary alicyclic amines) is 1. The lowest BCUT2D eigenvalue weighted by atomic mass is 9.96. The minimum Gasteiger partial charge on any atom is -0.481 e. The Morgan fingerprint density at radius 3 is 3.11 bits per heavy atom. The van der Waals surface area contributed by atoms with Crippen molar-refractivity contribution in [1.82, 2.24) is 4.90 Å². The van der Waals surface area contributed by atoms with E-state index in [0.717, 1.165) is 44.8 Å². The maximum atomic E-state index is 6.33. The van der Waals surface area contributed by atoms with E-state index in [9.17, 15) is 0 Å². The van der Waals surface area contributed by atoms with Crippen LogP contribution in [-0.2, 0) is 6.42 Å². The topological polar surface area (TPSA) is 38.5 Å². The number of nitrogens with zero attached hydrogens (tertiary/aromatic N) is 1. The van der Waals surface area contributed by atoms with Gasteiger partial charge in [-0.15, -0.1) is 0 Å². The SMILES string of the molecule is CCc1ccc2c(c1)OC1(C=C2)CCN(CCN)C1. The Balaban J connectivity index is 1.82. The molecule has 0 saturated carbocycles. The highest BCUT2D eigenvalue weighted by Crippen LogP contribution is 2.36. The number of benzene rings is 1. The smallest absolute Gasteiger partial charge is 0.141 e. The number of fused-ring (bicyclic) bond motifs is 1. The van der Waals surface area contributed by atoms with Crippen LogP contribution in [0.25, 0.3) is 6.08 Å². The van der Waals surface area contributed by atoms with Gasteiger partial charge in [-0.3, -0.25) is 4.90 Å². The first-order valence-electron chi connectivity index (χ1n) is 7.18. The number of hydrogen-bond acceptors (Lipinski definition) is 3. The standard InChI is InChI=1S/C16H22N2O/c1-2-13-3-4-14-5-6-16(19-15(14)11-13)7-9-18(12-16)10-8-17/h3-6,11H,2,7-10,12,17H2,1H3. The summed E-state index contributed by atoms with van der Waals surface area (Å²) in [6.45, 7) is 5.88. The summed E-state index contributed by atoms with van der Waals surface area (Å²) in [6.07, 6.45) is 6.55. The van der Waals surface area contributed by atoms with Crippen molar-refractivity contribution in [1.29, 1.82) is 0 Å². The van der Waals surface area contributed by atoms with Gasteiger partial charge in [0.25, 0.3) is 0 Å². The largest absolute Gasteiger partial charge is 0.481 e. The van der Waals surface area contributed by atoms with E-state index >= 15 is 0 Å². The molecule has 0 amide bonds. The molecule has 0 bridgehead atoms. The van der Waals surface area contributed by atoms with Crippen LogP contribution < -0.4 is 10.5 Å². The van der Waals surface area contributed by atoms with Gasteiger partial charge in [0, 0.05) is 38.2 Å². The zero-order valence-corrected chi connectivity index (χ0v) is 11.6. The Hall–Kier alpha value is -1.32. The molecule has 2 aliphatic rings. The highest BCUT2D eigenvalue weighted by Gasteiger charge is 2.39. The Morgan fingerprint density at radius 2 is 2.32 bits per heavy atom. The molecule has 0 radical (unpaired) electrons. The fourth-order valence-corrected chi connectivity index (χ4v) is 3.00. The lowest BCUT2D eigenvalue weighted by Gasteiger charge is -2.31. The minimum atomic E-state index is -0.130. The predicted molar refractivity (Wildman–Crippen MR) is 78.3 cm³/mol. The second kappa shape index (κ2) is 4.99. The molecule has 3 heteroatoms. The normalized spacial score (nSPS) is 25.6. The second-order valence-corrected chi connectivity index (χ2v) is 5.54. The van der Waals surface area contributed by atoms with Crippen LogP contribution in [0.3, 0.4) is 0 Å². The first kappa shape index (κ1) is 12.7. The zero-order chi connectivity index (χ0) is 13.3. The van der Waals surface area contributed by atoms with Crippen LogP contribution in [0.15, 0.2) is 24.3 Å². The van der Waals surface area contributed by atoms with Crippen LogP contribution >= 0.6 is 0 Å². The molecule has 2 heterocycles. The van der Waals surface area contributed by atoms with E-state index in [2.05, 4.69) is 42.2 Å². The quantitative estimate of drug-likeness (QED) is 0.902. The molecular formula is C16H22N2O. The van der Waals surface area contributed by atoms with Crippen molar-refractivity contribution < 1.29 is 4.74 Å². The third-order valence-electron chi connectivity index (χ3n) is 4.15. The zero-order valence-electron chi connectivity index (χ0n) is 11.6. The van der Waals surface area contributed by atoms with Gasteiger partial charge in [-0.05, 0) is 24.1 Å². The number of hydrogen-bond donors (Lipinski definition) is 1. The molecule has 2 aliphatic heterocycles. The predicted octanol–water partition coefficient (Wildman–Crippen LogP) is 2.06. The Kier molecular flexibility index (Phi) is 3.33. The van der Waals surface area contributed by atoms with Crippen LogP contribution in [0.1, 0.15) is 24.5 Å². The van der Waals surface area contributed by atoms with Crippen molar-refractivity contribution in [3.63, 3.8) is 0 Å². The van der Waals surface area contributed by atoms with Gasteiger partial charge in [0.05, 0.1) is 0 Å². The first-order chi connectivity index (χ1) is 9.24. The number of ether oxygens (including phenoxy) is 1. The van der Waals surface area contributed by atoms with E-state index < -0.39 is 0 Å². The fraction of sp³-hybridized carbons (Fsp3) is 0.500. The highest BCUT2D eigenvalue weighted by molar-refractivity contribution is 5.62. The van der Waals surface area contributed by atoms with Crippen molar-refractivity contribution in [2.45, 2.75) is 25.4 Å². The Morgan fingerprint density at radius 1 is 1.42 bits per heavy atom. The summed E-state index contributed by atoms with van der Waals surface area (Å²) in [7, 11) is 0. The molecule has 1 saturated heterocycles. The maximum Gasteiger partial charge on any atom is 0.141 e. The molecule has 3 nitrogen and oxygen atoms in total. The van der Waals surface area contributed by atoms with Gasteiger partial charge < -0.3 is 10.5 Å². The van der Waals surface area contributed by atoms with E-state index in [4.69, 9.17) is 10.5 Å². The fourth-order valence-electron chi connectivity index (χ4n) is 3.00. The molecule has 1 aromatic carbocycles. The monoisotopic (exact) mass is 258 g/mol. The molecule has 0 aromatic heterocycles. The van der Waals surface area contributed by atoms with Gasteiger partial charge >= 0.3 is 0 Å². The van der Waals surface area contributed by atoms with E-state index in [1.165, 1.54) is 11.1 Å². The van der Waals surface area contributed by atoms with Gasteiger partial charge in [-0.1, -0.05) is 25.1 Å². The van der Waals surface area contributed by atoms with Crippen LogP contribution in [0.4, 0.5) is 0 Å². The highest BCUT2D eigenvalue weighted by atomic mass is 16.5. The van der Waals surface area contributed by atoms with Gasteiger partial charge in [0.2, 0.25) is 0 Å². The summed E-state index contributed by atoms with van der Waals surface area (Å²) in [4.78, 5) is 2.39. The number of rotatable bonds is 3. The molecule has 1 unspecified atom stereocenters. The second-order valence-electron chi connectivity index (χ2n) is 5.54. The van der Waals surface area contributed by atoms with Gasteiger partial charge in [-0.25, -0.2) is 0 Å². The summed E-state index contributed by atoms with van der Waals surface area (Å²) in [5, 5.41) is 0. The molecule has 1 spiro atoms. The van der Waals surface area contributed by atoms with Gasteiger partial charge in [0.1, 0.15) is 11.4 Å². The van der Waals surface area contributed by atoms with E-state index in [1.54, 1.807) is 0 Å². The van der Waals surface area contributed by atoms with Crippen LogP contribution in [0.2, 0.25) is 0 Å². The van der Waals surface area contributed by atoms with Crippen molar-refractivity contribution in [2.24, 2.45) is 5.73 Å². The molecule has 1 aromatic rings. The molecule has 1 fully saturated rings. The number of nitrogens with two attached hydrogens (primary N) is 1. The summed E-state index contributed by atoms with van der Waals surface area (Å²) in [6, 6.07) is 6.52. The Labute approximate surface area is 115 Å². The third-order valence-corrected chi connectivity index (χ3v) is 4.15. The maximum absolute atomic E-state index is 6.33. The summed E-state index contributed by atoms with van der Waals surface area (Å²) >= 11 is 0. The van der Waals surface area contributed by atoms with Crippen molar-refractivity contribution >= 4 is 6.08 Å². The molecule has 19 heavy (non-hydrogen) atoms. The Bertz CT molecular complexity index is 498. The summed E-state index contributed by atoms with van der Waals surface area (Å²) in [5.74, 6) is 1.04. The number of aryl methyl sites for hydroxylation is 1. The summed E-state index contributed by atoms with van der Waals surface area (Å²) < 4.78 is 6.33. The van der Waals surface area contributed by atoms with Crippen molar-refractivity contribution in [3.05, 3.63) is 35.4 Å². The van der Waals surface area contributed by atoms with Crippen molar-refractivity contribution in [3.8, 4) is 5.75 Å². The first-order valence-corrected chi connectivity index (χ1v) is 7.18. The van der Waals surface area contributed by atoms with Crippen LogP contribution in [0, 0.1) is 0 Å². The molecule has 0 aliphatic carbocycles. The molecule has 3 rings (SSSR count). The lowest BCUT2D eigenvalue weighted by molar-refractivity contribution is 0.123.